The van der Waals surface area contributed by atoms with Crippen LogP contribution in [-0.2, 0) is 24.0 Å². The number of nitrogens with one attached hydrogen (secondary N) is 1. The molecular weight excluding hydrogens is 904 g/mol. The van der Waals surface area contributed by atoms with Crippen LogP contribution in [0.3, 0.4) is 0 Å². The molecule has 1 saturated heterocycles. The van der Waals surface area contributed by atoms with Gasteiger partial charge < -0.3 is 47.2 Å². The van der Waals surface area contributed by atoms with Gasteiger partial charge in [0.25, 0.3) is 14.1 Å². The quantitative estimate of drug-likeness (QED) is 0.0429. The topological polar surface area (TPSA) is 176 Å². The molecule has 2 N–H and O–H groups in total. The van der Waals surface area contributed by atoms with E-state index in [1.165, 1.54) is 26.4 Å². The number of benzene rings is 4. The predicted octanol–water partition coefficient (Wildman–Crippen LogP) is 9.27. The smallest absolute Gasteiger partial charge is 0.331 e. The van der Waals surface area contributed by atoms with Gasteiger partial charge in [-0.15, -0.1) is 0 Å². The number of methoxy groups -OCH3 is 4. The van der Waals surface area contributed by atoms with Gasteiger partial charge in [-0.05, 0) is 92.8 Å². The summed E-state index contributed by atoms with van der Waals surface area (Å²) in [5.74, 6) is 1.00. The summed E-state index contributed by atoms with van der Waals surface area (Å²) in [4.78, 5) is 44.4. The van der Waals surface area contributed by atoms with E-state index in [9.17, 15) is 19.7 Å². The average Bonchev–Trinajstić information content (AvgIpc) is 3.64. The van der Waals surface area contributed by atoms with Gasteiger partial charge in [-0.3, -0.25) is 4.79 Å². The molecule has 0 amide bonds. The number of ether oxygens (including phenoxy) is 6. The average molecular weight is 971 g/mol. The van der Waals surface area contributed by atoms with Crippen molar-refractivity contribution in [3.63, 3.8) is 0 Å². The molecule has 2 unspecified atom stereocenters. The van der Waals surface area contributed by atoms with Crippen LogP contribution in [-0.4, -0.2) is 92.9 Å². The van der Waals surface area contributed by atoms with E-state index in [-0.39, 0.29) is 46.8 Å². The molecule has 0 spiro atoms. The molecule has 0 saturated carbocycles. The van der Waals surface area contributed by atoms with Gasteiger partial charge in [0.1, 0.15) is 17.1 Å². The van der Waals surface area contributed by atoms with Crippen molar-refractivity contribution in [1.82, 2.24) is 14.2 Å². The van der Waals surface area contributed by atoms with Gasteiger partial charge in [-0.2, -0.15) is 5.26 Å². The third-order valence-corrected chi connectivity index (χ3v) is 19.4. The fourth-order valence-electron chi connectivity index (χ4n) is 8.78. The Labute approximate surface area is 401 Å². The standard InChI is InChI=1S/C51H67N4O11PSi/c1-32(2)55(33(3)4)67(58)65-41(27-28-52)45-44(31-63-51(34-17-15-14-16-18-34,35-19-23-37(59-8)24-20-35)36-21-25-38(60-9)26-22-36)64-48(46(45)66-68(12,13)50(5,6)7)54-47(56)39-29-42(61-10)43(62-11)30-40(39)53-49(54)57/h14-26,29-30,32-33,41,44-46,48,58H,27,31H2,1-13H3,(H,53,57)/t41?,44-,45+,46+,48+,67?/m0/s1. The molecule has 0 aliphatic carbocycles. The first-order chi connectivity index (χ1) is 32.3. The van der Waals surface area contributed by atoms with Crippen molar-refractivity contribution >= 4 is 27.7 Å². The SMILES string of the molecule is COc1ccc(C(OC[C@@H]2O[C@@H](n3c(=O)[nH]c4cc(OC)c(OC)cc4c3=O)[C@H](O[Si](C)(C)C(C)(C)C)[C@@H]2C(CC#N)OP(O)N(C(C)C)C(C)C)(c2ccccc2)c2ccc(OC)cc2)cc1. The molecule has 1 aromatic heterocycles. The summed E-state index contributed by atoms with van der Waals surface area (Å²) < 4.78 is 53.8. The van der Waals surface area contributed by atoms with Crippen molar-refractivity contribution in [2.45, 2.75) is 115 Å². The molecule has 1 fully saturated rings. The molecule has 1 aliphatic rings. The molecule has 6 atom stereocenters. The number of H-pyrrole nitrogens is 1. The van der Waals surface area contributed by atoms with Gasteiger partial charge in [-0.1, -0.05) is 75.4 Å². The Morgan fingerprint density at radius 3 is 1.84 bits per heavy atom. The fraction of sp³-hybridized carbons (Fsp3) is 0.471. The maximum Gasteiger partial charge on any atom is 0.331 e. The van der Waals surface area contributed by atoms with Crippen LogP contribution in [0, 0.1) is 17.2 Å². The Kier molecular flexibility index (Phi) is 16.7. The van der Waals surface area contributed by atoms with Crippen molar-refractivity contribution in [1.29, 1.82) is 5.26 Å². The van der Waals surface area contributed by atoms with E-state index in [1.54, 1.807) is 14.2 Å². The minimum atomic E-state index is -2.85. The molecule has 0 radical (unpaired) electrons. The molecule has 6 rings (SSSR count). The van der Waals surface area contributed by atoms with Gasteiger partial charge in [0.05, 0.1) is 76.8 Å². The molecule has 15 nitrogen and oxygen atoms in total. The lowest BCUT2D eigenvalue weighted by atomic mass is 9.79. The van der Waals surface area contributed by atoms with Crippen LogP contribution in [0.5, 0.6) is 23.0 Å². The zero-order chi connectivity index (χ0) is 49.7. The van der Waals surface area contributed by atoms with E-state index in [0.29, 0.717) is 17.2 Å². The molecular formula is C51H67N4O11PSi. The van der Waals surface area contributed by atoms with Crippen LogP contribution < -0.4 is 30.2 Å². The van der Waals surface area contributed by atoms with Gasteiger partial charge in [0.15, 0.2) is 26.0 Å². The van der Waals surface area contributed by atoms with Crippen molar-refractivity contribution in [3.8, 4) is 29.1 Å². The Balaban J connectivity index is 1.63. The van der Waals surface area contributed by atoms with Crippen LogP contribution in [0.4, 0.5) is 0 Å². The van der Waals surface area contributed by atoms with Gasteiger partial charge in [-0.25, -0.2) is 14.0 Å². The summed E-state index contributed by atoms with van der Waals surface area (Å²) in [6.07, 6.45) is -4.71. The van der Waals surface area contributed by atoms with E-state index in [2.05, 4.69) is 44.9 Å². The molecule has 4 aromatic carbocycles. The highest BCUT2D eigenvalue weighted by Gasteiger charge is 2.56. The van der Waals surface area contributed by atoms with Crippen LogP contribution in [0.25, 0.3) is 10.9 Å². The lowest BCUT2D eigenvalue weighted by Gasteiger charge is -2.43. The third kappa shape index (κ3) is 10.6. The Hall–Kier alpha value is -5.08. The highest BCUT2D eigenvalue weighted by molar-refractivity contribution is 7.43. The summed E-state index contributed by atoms with van der Waals surface area (Å²) >= 11 is 0. The molecule has 17 heteroatoms. The van der Waals surface area contributed by atoms with E-state index in [4.69, 9.17) is 37.4 Å². The first-order valence-electron chi connectivity index (χ1n) is 22.8. The van der Waals surface area contributed by atoms with Crippen molar-refractivity contribution in [3.05, 3.63) is 129 Å². The van der Waals surface area contributed by atoms with E-state index in [1.807, 2.05) is 111 Å². The summed E-state index contributed by atoms with van der Waals surface area (Å²) in [6.45, 7) is 18.1. The lowest BCUT2D eigenvalue weighted by molar-refractivity contribution is -0.0946. The summed E-state index contributed by atoms with van der Waals surface area (Å²) in [5.41, 5.74) is -0.195. The number of aromatic nitrogens is 2. The number of fused-ring (bicyclic) bond motifs is 1. The monoisotopic (exact) mass is 970 g/mol. The summed E-state index contributed by atoms with van der Waals surface area (Å²) in [6, 6.07) is 30.1. The number of hydrogen-bond donors (Lipinski definition) is 2. The van der Waals surface area contributed by atoms with E-state index in [0.717, 1.165) is 21.3 Å². The van der Waals surface area contributed by atoms with Crippen molar-refractivity contribution in [2.24, 2.45) is 5.92 Å². The van der Waals surface area contributed by atoms with Gasteiger partial charge in [0.2, 0.25) is 0 Å². The number of aromatic amines is 1. The van der Waals surface area contributed by atoms with Crippen molar-refractivity contribution in [2.75, 3.05) is 35.0 Å². The number of rotatable bonds is 20. The van der Waals surface area contributed by atoms with E-state index >= 15 is 0 Å². The number of nitriles is 1. The zero-order valence-corrected chi connectivity index (χ0v) is 43.3. The van der Waals surface area contributed by atoms with Crippen LogP contribution in [0.1, 0.15) is 77.8 Å². The minimum absolute atomic E-state index is 0.120. The first-order valence-corrected chi connectivity index (χ1v) is 26.9. The van der Waals surface area contributed by atoms with Gasteiger partial charge >= 0.3 is 5.69 Å². The minimum Gasteiger partial charge on any atom is -0.497 e. The van der Waals surface area contributed by atoms with E-state index < -0.39 is 64.2 Å². The van der Waals surface area contributed by atoms with Gasteiger partial charge in [0, 0.05) is 24.1 Å². The van der Waals surface area contributed by atoms with Crippen molar-refractivity contribution < 1.29 is 42.3 Å². The Morgan fingerprint density at radius 1 is 0.824 bits per heavy atom. The molecule has 1 aliphatic heterocycles. The third-order valence-electron chi connectivity index (χ3n) is 13.2. The molecule has 68 heavy (non-hydrogen) atoms. The Morgan fingerprint density at radius 2 is 1.35 bits per heavy atom. The zero-order valence-electron chi connectivity index (χ0n) is 41.4. The second kappa shape index (κ2) is 21.7. The lowest BCUT2D eigenvalue weighted by Crippen LogP contribution is -2.52. The normalized spacial score (nSPS) is 18.8. The maximum absolute atomic E-state index is 15.0. The molecule has 0 bridgehead atoms. The fourth-order valence-corrected chi connectivity index (χ4v) is 11.4. The van der Waals surface area contributed by atoms with Crippen LogP contribution in [0.15, 0.2) is 101 Å². The predicted molar refractivity (Wildman–Crippen MR) is 266 cm³/mol. The second-order valence-corrected chi connectivity index (χ2v) is 24.9. The molecule has 366 valence electrons. The largest absolute Gasteiger partial charge is 0.497 e. The number of nitrogens with zero attached hydrogens (tertiary/aromatic N) is 3. The first kappa shape index (κ1) is 52.3. The summed E-state index contributed by atoms with van der Waals surface area (Å²) in [5, 5.41) is 10.4. The maximum atomic E-state index is 15.0. The van der Waals surface area contributed by atoms with Crippen LogP contribution in [0.2, 0.25) is 18.1 Å². The molecule has 5 aromatic rings. The Bertz CT molecular complexity index is 2570. The molecule has 2 heterocycles. The van der Waals surface area contributed by atoms with Crippen LogP contribution >= 0.6 is 8.53 Å². The highest BCUT2D eigenvalue weighted by Crippen LogP contribution is 2.51. The second-order valence-electron chi connectivity index (χ2n) is 19.0. The number of hydrogen-bond acceptors (Lipinski definition) is 13. The highest BCUT2D eigenvalue weighted by atomic mass is 31.2. The summed E-state index contributed by atoms with van der Waals surface area (Å²) in [7, 11) is 1.00.